The Morgan fingerprint density at radius 1 is 0.653 bits per heavy atom. The molecule has 0 aliphatic heterocycles. The van der Waals surface area contributed by atoms with Gasteiger partial charge in [-0.25, -0.2) is 24.9 Å². The summed E-state index contributed by atoms with van der Waals surface area (Å²) in [6.07, 6.45) is 4.86. The fourth-order valence-corrected chi connectivity index (χ4v) is 14.9. The smallest absolute Gasteiger partial charge is 0.437 e. The van der Waals surface area contributed by atoms with Crippen molar-refractivity contribution in [2.75, 3.05) is 51.4 Å². The van der Waals surface area contributed by atoms with Crippen LogP contribution in [0.1, 0.15) is 98.5 Å². The van der Waals surface area contributed by atoms with Crippen molar-refractivity contribution in [2.45, 2.75) is 122 Å². The van der Waals surface area contributed by atoms with Crippen LogP contribution in [-0.2, 0) is 77.5 Å². The molecule has 0 aliphatic rings. The van der Waals surface area contributed by atoms with E-state index >= 15 is 0 Å². The van der Waals surface area contributed by atoms with Crippen LogP contribution >= 0.6 is 58.1 Å². The first-order chi connectivity index (χ1) is 35.4. The van der Waals surface area contributed by atoms with Crippen molar-refractivity contribution in [3.05, 3.63) is 80.7 Å². The minimum atomic E-state index is -3.53. The highest BCUT2D eigenvalue weighted by Gasteiger charge is 2.41. The Kier molecular flexibility index (Phi) is 38.1. The van der Waals surface area contributed by atoms with E-state index in [4.69, 9.17) is 59.6 Å². The molecule has 0 aromatic carbocycles. The van der Waals surface area contributed by atoms with Crippen LogP contribution in [0.15, 0.2) is 23.7 Å². The summed E-state index contributed by atoms with van der Waals surface area (Å²) in [5, 5.41) is 32.1. The summed E-state index contributed by atoms with van der Waals surface area (Å²) in [4.78, 5) is 34.9. The number of aliphatic hydroxyl groups is 1. The van der Waals surface area contributed by atoms with Gasteiger partial charge in [0.15, 0.2) is 10.3 Å². The van der Waals surface area contributed by atoms with Crippen molar-refractivity contribution in [1.82, 2.24) is 60.3 Å². The van der Waals surface area contributed by atoms with E-state index in [0.29, 0.717) is 37.0 Å². The number of aliphatic hydroxyl groups excluding tert-OH is 1. The average Bonchev–Trinajstić information content (AvgIpc) is 4.19. The molecule has 0 amide bonds. The Hall–Kier alpha value is -2.74. The van der Waals surface area contributed by atoms with Crippen LogP contribution in [0, 0.1) is 34.6 Å². The van der Waals surface area contributed by atoms with Gasteiger partial charge in [-0.3, -0.25) is 13.7 Å². The van der Waals surface area contributed by atoms with E-state index in [1.807, 2.05) is 27.7 Å². The summed E-state index contributed by atoms with van der Waals surface area (Å²) in [6.45, 7) is 25.9. The number of alkyl halides is 1. The fraction of sp³-hybridized carbons (Fsp3) is 0.634. The van der Waals surface area contributed by atoms with Crippen LogP contribution in [0.25, 0.3) is 0 Å². The van der Waals surface area contributed by atoms with Crippen LogP contribution in [0.3, 0.4) is 0 Å². The molecule has 12 N–H and O–H groups in total. The van der Waals surface area contributed by atoms with E-state index in [0.717, 1.165) is 50.3 Å². The molecule has 0 aliphatic carbocycles. The third-order valence-corrected chi connectivity index (χ3v) is 19.7. The van der Waals surface area contributed by atoms with Gasteiger partial charge in [0.25, 0.3) is 13.3 Å². The average molecular weight is 1220 g/mol. The Morgan fingerprint density at radius 2 is 1.09 bits per heavy atom. The predicted molar refractivity (Wildman–Crippen MR) is 299 cm³/mol. The lowest BCUT2D eigenvalue weighted by Crippen LogP contribution is -2.30. The predicted octanol–water partition coefficient (Wildman–Crippen LogP) is 7.60. The van der Waals surface area contributed by atoms with Crippen molar-refractivity contribution in [1.29, 1.82) is 0 Å². The standard InChI is InChI=1S/C12H25N3O5P2.C7H17O5P2.C6H11BBrN3O.C6H12BN3O.C5H7ClN2.C5H8N2O/c1-5-18-21(16,9-22(17,19-6-2)20-7-3)12-14-10(4)11(8-13)15-12;1-4-10-13(8)7-14(9,11-5-2)12-6-3;1-4-5(3-9-7(2)12)11-6(8)10-4;1-5-6(9-4-8-5)3-10-7(2)11;1-4-5(2-6)8-3-7-4;1-4-5(2-8)7-3-6-4/h5-9,13H2,1-4H3,(H,14,15);4-7H2,1-3H3;9,12H,3H2,1-2H3,(H,10,11);4,10-11H,3H2,1-2H3,(H,8,9);3H,2H2,1H3,(H,7,8);3,8H,2H2,1H3,(H,6,7)/q;+1;;;;. The number of nitrogens with zero attached hydrogens (tertiary/aromatic N) is 5. The number of H-pyrrole nitrogens is 5. The molecule has 5 aromatic heterocycles. The highest BCUT2D eigenvalue weighted by Crippen LogP contribution is 2.62. The number of halogens is 2. The zero-order valence-corrected chi connectivity index (χ0v) is 51.3. The second-order valence-electron chi connectivity index (χ2n) is 15.3. The molecule has 0 spiro atoms. The molecule has 5 heterocycles. The van der Waals surface area contributed by atoms with Gasteiger partial charge in [-0.05, 0) is 110 Å². The minimum absolute atomic E-state index is 0.0231. The van der Waals surface area contributed by atoms with Crippen molar-refractivity contribution in [2.24, 2.45) is 5.73 Å². The second-order valence-corrected chi connectivity index (χ2v) is 25.0. The maximum Gasteiger partial charge on any atom is 0.521 e. The van der Waals surface area contributed by atoms with E-state index in [2.05, 4.69) is 76.2 Å². The number of aromatic nitrogens is 10. The van der Waals surface area contributed by atoms with Crippen molar-refractivity contribution >= 4 is 77.8 Å². The van der Waals surface area contributed by atoms with Gasteiger partial charge in [-0.15, -0.1) is 16.1 Å². The Morgan fingerprint density at radius 3 is 1.43 bits per heavy atom. The van der Waals surface area contributed by atoms with Crippen molar-refractivity contribution in [3.63, 3.8) is 0 Å². The van der Waals surface area contributed by atoms with E-state index in [9.17, 15) is 18.3 Å². The SMILES string of the molecule is CB(O)NCc1nc(Br)[nH]c1C.CB(O)NCc1nc[nH]c1C.CCOP(=O)(CP(=O)(OCC)c1nc(CN)c(C)[nH]1)OCC.CCO[P+](=O)CP(=O)(OCC)OCC.Cc1[nH]cnc1CCl.Cc1[nH]cnc1CO. The van der Waals surface area contributed by atoms with Gasteiger partial charge in [0.1, 0.15) is 5.90 Å². The number of hydrogen-bond donors (Lipinski definition) is 11. The van der Waals surface area contributed by atoms with Gasteiger partial charge in [0.2, 0.25) is 0 Å². The molecule has 2 unspecified atom stereocenters. The lowest BCUT2D eigenvalue weighted by atomic mass is 9.89. The molecular weight excluding hydrogens is 1140 g/mol. The summed E-state index contributed by atoms with van der Waals surface area (Å²) >= 11 is 8.72. The Bertz CT molecular complexity index is 2410. The molecule has 5 rings (SSSR count). The van der Waals surface area contributed by atoms with Crippen LogP contribution in [0.2, 0.25) is 13.6 Å². The van der Waals surface area contributed by atoms with E-state index < -0.39 is 44.7 Å². The van der Waals surface area contributed by atoms with Gasteiger partial charge in [-0.2, -0.15) is 0 Å². The number of nitrogens with one attached hydrogen (secondary N) is 7. The quantitative estimate of drug-likeness (QED) is 0.0144. The molecule has 0 radical (unpaired) electrons. The van der Waals surface area contributed by atoms with Crippen LogP contribution in [0.4, 0.5) is 0 Å². The highest BCUT2D eigenvalue weighted by molar-refractivity contribution is 9.10. The van der Waals surface area contributed by atoms with Crippen molar-refractivity contribution in [3.8, 4) is 0 Å². The maximum absolute atomic E-state index is 13.2. The number of nitrogens with two attached hydrogens (primary N) is 1. The van der Waals surface area contributed by atoms with Gasteiger partial charge in [0, 0.05) is 48.1 Å². The number of hydrogen-bond acceptors (Lipinski definition) is 21. The Balaban J connectivity index is 0.000000910. The monoisotopic (exact) mass is 1220 g/mol. The summed E-state index contributed by atoms with van der Waals surface area (Å²) in [5.41, 5.74) is 14.6. The maximum atomic E-state index is 13.2. The largest absolute Gasteiger partial charge is 0.521 e. The summed E-state index contributed by atoms with van der Waals surface area (Å²) in [6, 6.07) is 0. The molecule has 26 nitrogen and oxygen atoms in total. The number of aromatic amines is 5. The molecular formula is C41H80B2BrClN13O13P4+. The summed E-state index contributed by atoms with van der Waals surface area (Å²) in [5.74, 6) is -0.0281. The molecule has 0 saturated carbocycles. The lowest BCUT2D eigenvalue weighted by Gasteiger charge is -2.22. The van der Waals surface area contributed by atoms with Gasteiger partial charge in [0.05, 0.1) is 99.6 Å². The third-order valence-electron chi connectivity index (χ3n) is 9.22. The zero-order valence-electron chi connectivity index (χ0n) is 45.4. The normalized spacial score (nSPS) is 12.0. The van der Waals surface area contributed by atoms with Gasteiger partial charge in [-0.1, -0.05) is 0 Å². The first-order valence-corrected chi connectivity index (χ1v) is 31.9. The lowest BCUT2D eigenvalue weighted by molar-refractivity contribution is 0.221. The van der Waals surface area contributed by atoms with Crippen LogP contribution in [0.5, 0.6) is 0 Å². The molecule has 5 aromatic rings. The first-order valence-electron chi connectivity index (χ1n) is 23.9. The topological polar surface area (TPSA) is 378 Å². The molecule has 0 saturated heterocycles. The molecule has 2 atom stereocenters. The third kappa shape index (κ3) is 29.7. The van der Waals surface area contributed by atoms with Gasteiger partial charge >= 0.3 is 37.3 Å². The van der Waals surface area contributed by atoms with E-state index in [1.165, 1.54) is 0 Å². The molecule has 0 bridgehead atoms. The molecule has 426 valence electrons. The number of aryl methyl sites for hydroxylation is 5. The van der Waals surface area contributed by atoms with Crippen LogP contribution < -0.4 is 21.8 Å². The van der Waals surface area contributed by atoms with E-state index in [1.54, 1.807) is 81.1 Å². The molecule has 34 heteroatoms. The highest BCUT2D eigenvalue weighted by atomic mass is 79.9. The summed E-state index contributed by atoms with van der Waals surface area (Å²) < 4.78 is 80.1. The van der Waals surface area contributed by atoms with Crippen LogP contribution in [-0.4, -0.2) is 131 Å². The first kappa shape index (κ1) is 72.3. The van der Waals surface area contributed by atoms with E-state index in [-0.39, 0.29) is 63.6 Å². The second kappa shape index (κ2) is 39.6. The number of imidazole rings is 5. The Labute approximate surface area is 456 Å². The fourth-order valence-electron chi connectivity index (χ4n) is 5.55. The zero-order chi connectivity index (χ0) is 57.2. The summed E-state index contributed by atoms with van der Waals surface area (Å²) in [7, 11) is -13.2. The van der Waals surface area contributed by atoms with Crippen molar-refractivity contribution < 1.29 is 60.6 Å². The van der Waals surface area contributed by atoms with Gasteiger partial charge < -0.3 is 78.9 Å². The molecule has 0 fully saturated rings. The number of rotatable bonds is 26. The molecule has 75 heavy (non-hydrogen) atoms. The minimum Gasteiger partial charge on any atom is -0.437 e.